The van der Waals surface area contributed by atoms with Gasteiger partial charge in [0.25, 0.3) is 0 Å². The molecule has 0 N–H and O–H groups in total. The fourth-order valence-electron chi connectivity index (χ4n) is 7.93. The Bertz CT molecular complexity index is 1500. The Balaban J connectivity index is 2.36. The van der Waals surface area contributed by atoms with Crippen molar-refractivity contribution >= 4 is 40.7 Å². The second-order valence-electron chi connectivity index (χ2n) is 13.6. The minimum Gasteiger partial charge on any atom is -0.377 e. The van der Waals surface area contributed by atoms with Crippen molar-refractivity contribution < 1.29 is 0 Å². The van der Waals surface area contributed by atoms with Crippen LogP contribution >= 0.6 is 0 Å². The highest BCUT2D eigenvalue weighted by molar-refractivity contribution is 7.17. The molecule has 1 atom stereocenters. The number of benzene rings is 3. The van der Waals surface area contributed by atoms with E-state index in [1.54, 1.807) is 5.20 Å². The van der Waals surface area contributed by atoms with Crippen molar-refractivity contribution in [2.24, 2.45) is 5.92 Å². The van der Waals surface area contributed by atoms with Gasteiger partial charge in [0, 0.05) is 59.3 Å². The minimum absolute atomic E-state index is 0.376. The Morgan fingerprint density at radius 2 is 0.744 bits per heavy atom. The van der Waals surface area contributed by atoms with Crippen molar-refractivity contribution in [3.8, 4) is 0 Å². The molecule has 0 amide bonds. The fraction of sp³-hybridized carbons (Fsp3) is 0.436. The molecular formula is C39H55N3Si. The van der Waals surface area contributed by atoms with Gasteiger partial charge in [0.1, 0.15) is 0 Å². The van der Waals surface area contributed by atoms with Crippen molar-refractivity contribution in [2.75, 3.05) is 57.0 Å². The summed E-state index contributed by atoms with van der Waals surface area (Å²) >= 11 is 0. The third-order valence-corrected chi connectivity index (χ3v) is 16.6. The largest absolute Gasteiger partial charge is 0.377 e. The Labute approximate surface area is 263 Å². The highest BCUT2D eigenvalue weighted by Gasteiger charge is 2.50. The average molecular weight is 594 g/mol. The van der Waals surface area contributed by atoms with Crippen LogP contribution in [-0.4, -0.2) is 50.4 Å². The molecule has 4 heteroatoms. The van der Waals surface area contributed by atoms with Crippen molar-refractivity contribution in [2.45, 2.75) is 69.2 Å². The Morgan fingerprint density at radius 3 is 0.977 bits per heavy atom. The molecule has 0 saturated carbocycles. The molecule has 0 aliphatic heterocycles. The summed E-state index contributed by atoms with van der Waals surface area (Å²) in [5, 5.41) is 6.24. The number of rotatable bonds is 7. The van der Waals surface area contributed by atoms with Gasteiger partial charge in [-0.15, -0.1) is 0 Å². The maximum absolute atomic E-state index is 2.82. The summed E-state index contributed by atoms with van der Waals surface area (Å²) in [5.41, 5.74) is 16.8. The summed E-state index contributed by atoms with van der Waals surface area (Å²) in [6.07, 6.45) is 0. The van der Waals surface area contributed by atoms with Crippen molar-refractivity contribution in [1.82, 2.24) is 0 Å². The van der Waals surface area contributed by atoms with Crippen LogP contribution in [0, 0.1) is 47.5 Å². The lowest BCUT2D eigenvalue weighted by Gasteiger charge is -2.43. The van der Waals surface area contributed by atoms with Gasteiger partial charge in [-0.3, -0.25) is 0 Å². The quantitative estimate of drug-likeness (QED) is 0.215. The van der Waals surface area contributed by atoms with Crippen LogP contribution < -0.4 is 30.3 Å². The molecule has 0 bridgehead atoms. The molecule has 3 nitrogen and oxygen atoms in total. The molecule has 0 saturated heterocycles. The monoisotopic (exact) mass is 593 g/mol. The zero-order chi connectivity index (χ0) is 32.3. The summed E-state index contributed by atoms with van der Waals surface area (Å²) < 4.78 is 0. The maximum atomic E-state index is 2.50. The van der Waals surface area contributed by atoms with E-state index < -0.39 is 8.07 Å². The first-order chi connectivity index (χ1) is 20.0. The van der Waals surface area contributed by atoms with E-state index in [9.17, 15) is 0 Å². The Hall–Kier alpha value is -3.24. The van der Waals surface area contributed by atoms with Gasteiger partial charge in [-0.05, 0) is 141 Å². The first-order valence-corrected chi connectivity index (χ1v) is 17.7. The van der Waals surface area contributed by atoms with Gasteiger partial charge in [0.2, 0.25) is 0 Å². The van der Waals surface area contributed by atoms with Gasteiger partial charge in [-0.1, -0.05) is 41.5 Å². The molecular weight excluding hydrogens is 539 g/mol. The van der Waals surface area contributed by atoms with Gasteiger partial charge >= 0.3 is 0 Å². The van der Waals surface area contributed by atoms with Crippen LogP contribution in [0.1, 0.15) is 61.1 Å². The fourth-order valence-corrected chi connectivity index (χ4v) is 14.5. The summed E-state index contributed by atoms with van der Waals surface area (Å²) in [5.74, 6) is 0.376. The smallest absolute Gasteiger partial charge is 0.177 e. The first-order valence-electron chi connectivity index (χ1n) is 15.7. The lowest BCUT2D eigenvalue weighted by Crippen LogP contribution is -2.71. The summed E-state index contributed by atoms with van der Waals surface area (Å²) in [7, 11) is 10.2. The molecule has 3 aromatic rings. The lowest BCUT2D eigenvalue weighted by atomic mass is 10.0. The molecule has 0 heterocycles. The Morgan fingerprint density at radius 1 is 0.442 bits per heavy atom. The van der Waals surface area contributed by atoms with Crippen LogP contribution in [0.15, 0.2) is 58.3 Å². The molecule has 43 heavy (non-hydrogen) atoms. The molecule has 1 aliphatic rings. The van der Waals surface area contributed by atoms with Gasteiger partial charge in [0.15, 0.2) is 8.07 Å². The number of anilines is 3. The minimum atomic E-state index is -2.82. The standard InChI is InChI=1S/C39H55N3Si/c1-23-24(2)32(10)39(31(23)9)43(36-20-17-33(40(11)12)25(3)28(36)6,37-21-18-34(41(13)14)26(4)29(37)7)38-22-19-35(42(15)16)27(5)30(38)8/h17-22,31H,1-16H3. The summed E-state index contributed by atoms with van der Waals surface area (Å²) in [4.78, 5) is 6.78. The molecule has 0 fully saturated rings. The van der Waals surface area contributed by atoms with Gasteiger partial charge in [-0.2, -0.15) is 0 Å². The van der Waals surface area contributed by atoms with Crippen molar-refractivity contribution in [3.63, 3.8) is 0 Å². The molecule has 1 unspecified atom stereocenters. The normalized spacial score (nSPS) is 15.5. The van der Waals surface area contributed by atoms with E-state index in [1.165, 1.54) is 82.7 Å². The van der Waals surface area contributed by atoms with Crippen LogP contribution in [-0.2, 0) is 0 Å². The number of hydrogen-bond acceptors (Lipinski definition) is 3. The maximum Gasteiger partial charge on any atom is 0.177 e. The topological polar surface area (TPSA) is 9.72 Å². The zero-order valence-electron chi connectivity index (χ0n) is 29.9. The van der Waals surface area contributed by atoms with E-state index in [2.05, 4.69) is 163 Å². The van der Waals surface area contributed by atoms with E-state index in [4.69, 9.17) is 0 Å². The molecule has 0 aromatic heterocycles. The van der Waals surface area contributed by atoms with Crippen molar-refractivity contribution in [1.29, 1.82) is 0 Å². The van der Waals surface area contributed by atoms with E-state index in [0.717, 1.165) is 0 Å². The van der Waals surface area contributed by atoms with Crippen LogP contribution in [0.2, 0.25) is 0 Å². The predicted octanol–water partition coefficient (Wildman–Crippen LogP) is 7.05. The van der Waals surface area contributed by atoms with Gasteiger partial charge < -0.3 is 14.7 Å². The highest BCUT2D eigenvalue weighted by atomic mass is 28.3. The number of nitrogens with zero attached hydrogens (tertiary/aromatic N) is 3. The predicted molar refractivity (Wildman–Crippen MR) is 196 cm³/mol. The molecule has 4 rings (SSSR count). The average Bonchev–Trinajstić information content (AvgIpc) is 3.13. The van der Waals surface area contributed by atoms with Crippen molar-refractivity contribution in [3.05, 3.63) is 91.7 Å². The molecule has 0 radical (unpaired) electrons. The third kappa shape index (κ3) is 4.86. The van der Waals surface area contributed by atoms with Crippen LogP contribution in [0.25, 0.3) is 0 Å². The molecule has 230 valence electrons. The Kier molecular flexibility index (Phi) is 8.88. The molecule has 1 aliphatic carbocycles. The van der Waals surface area contributed by atoms with Crippen LogP contribution in [0.4, 0.5) is 17.1 Å². The second-order valence-corrected chi connectivity index (χ2v) is 17.3. The third-order valence-electron chi connectivity index (χ3n) is 11.0. The number of allylic oxidation sites excluding steroid dienone is 4. The van der Waals surface area contributed by atoms with Crippen LogP contribution in [0.5, 0.6) is 0 Å². The second kappa shape index (κ2) is 11.7. The number of hydrogen-bond donors (Lipinski definition) is 0. The van der Waals surface area contributed by atoms with Gasteiger partial charge in [-0.25, -0.2) is 0 Å². The summed E-state index contributed by atoms with van der Waals surface area (Å²) in [6.45, 7) is 23.7. The van der Waals surface area contributed by atoms with Gasteiger partial charge in [0.05, 0.1) is 0 Å². The van der Waals surface area contributed by atoms with E-state index in [1.807, 2.05) is 0 Å². The van der Waals surface area contributed by atoms with E-state index >= 15 is 0 Å². The zero-order valence-corrected chi connectivity index (χ0v) is 30.9. The highest BCUT2D eigenvalue weighted by Crippen LogP contribution is 2.43. The van der Waals surface area contributed by atoms with Crippen LogP contribution in [0.3, 0.4) is 0 Å². The lowest BCUT2D eigenvalue weighted by molar-refractivity contribution is 0.851. The first kappa shape index (κ1) is 32.7. The molecule has 0 spiro atoms. The van der Waals surface area contributed by atoms with E-state index in [-0.39, 0.29) is 0 Å². The van der Waals surface area contributed by atoms with E-state index in [0.29, 0.717) is 5.92 Å². The SMILES string of the molecule is CC1=C(C)C(C)C([Si](c2ccc(N(C)C)c(C)c2C)(c2ccc(N(C)C)c(C)c2C)c2ccc(N(C)C)c(C)c2C)=C1C. The summed E-state index contributed by atoms with van der Waals surface area (Å²) in [6, 6.07) is 14.7. The molecule has 3 aromatic carbocycles.